The molecule has 2 aromatic rings. The summed E-state index contributed by atoms with van der Waals surface area (Å²) in [6.45, 7) is 3.49. The molecule has 1 fully saturated rings. The molecule has 122 valence electrons. The molecule has 1 aliphatic rings. The molecule has 0 spiro atoms. The summed E-state index contributed by atoms with van der Waals surface area (Å²) in [5.41, 5.74) is 2.21. The molecule has 0 unspecified atom stereocenters. The lowest BCUT2D eigenvalue weighted by atomic mass is 10.2. The SMILES string of the molecule is O=C1CCCN1CCCNCc1csc(-c2cccc(Br)c2)n1. The van der Waals surface area contributed by atoms with E-state index in [1.165, 1.54) is 0 Å². The van der Waals surface area contributed by atoms with Crippen LogP contribution in [-0.2, 0) is 11.3 Å². The van der Waals surface area contributed by atoms with Crippen LogP contribution in [0.5, 0.6) is 0 Å². The Morgan fingerprint density at radius 3 is 3.09 bits per heavy atom. The molecular weight excluding hydrogens is 374 g/mol. The number of benzene rings is 1. The van der Waals surface area contributed by atoms with E-state index in [0.29, 0.717) is 5.91 Å². The molecule has 4 nitrogen and oxygen atoms in total. The maximum atomic E-state index is 11.5. The van der Waals surface area contributed by atoms with Gasteiger partial charge in [0.05, 0.1) is 5.69 Å². The first kappa shape index (κ1) is 16.6. The number of carbonyl (C=O) groups is 1. The first-order chi connectivity index (χ1) is 11.2. The number of nitrogens with zero attached hydrogens (tertiary/aromatic N) is 2. The lowest BCUT2D eigenvalue weighted by molar-refractivity contribution is -0.127. The number of carbonyl (C=O) groups excluding carboxylic acids is 1. The number of amides is 1. The second-order valence-electron chi connectivity index (χ2n) is 5.67. The summed E-state index contributed by atoms with van der Waals surface area (Å²) in [6, 6.07) is 8.21. The molecule has 6 heteroatoms. The number of likely N-dealkylation sites (tertiary alicyclic amines) is 1. The van der Waals surface area contributed by atoms with Crippen LogP contribution in [-0.4, -0.2) is 35.4 Å². The van der Waals surface area contributed by atoms with Crippen molar-refractivity contribution >= 4 is 33.2 Å². The van der Waals surface area contributed by atoms with Crippen molar-refractivity contribution < 1.29 is 4.79 Å². The van der Waals surface area contributed by atoms with E-state index in [-0.39, 0.29) is 0 Å². The quantitative estimate of drug-likeness (QED) is 0.729. The van der Waals surface area contributed by atoms with Crippen LogP contribution >= 0.6 is 27.3 Å². The third-order valence-corrected chi connectivity index (χ3v) is 5.32. The highest BCUT2D eigenvalue weighted by Gasteiger charge is 2.18. The number of hydrogen-bond donors (Lipinski definition) is 1. The molecule has 23 heavy (non-hydrogen) atoms. The second-order valence-corrected chi connectivity index (χ2v) is 7.44. The van der Waals surface area contributed by atoms with Crippen molar-refractivity contribution in [1.82, 2.24) is 15.2 Å². The minimum Gasteiger partial charge on any atom is -0.343 e. The predicted octanol–water partition coefficient (Wildman–Crippen LogP) is 3.67. The van der Waals surface area contributed by atoms with Crippen LogP contribution in [0, 0.1) is 0 Å². The van der Waals surface area contributed by atoms with Crippen molar-refractivity contribution in [1.29, 1.82) is 0 Å². The molecule has 1 aliphatic heterocycles. The highest BCUT2D eigenvalue weighted by Crippen LogP contribution is 2.26. The first-order valence-electron chi connectivity index (χ1n) is 7.91. The number of rotatable bonds is 7. The molecular formula is C17H20BrN3OS. The third-order valence-electron chi connectivity index (χ3n) is 3.88. The minimum atomic E-state index is 0.308. The van der Waals surface area contributed by atoms with Gasteiger partial charge in [-0.05, 0) is 31.5 Å². The Morgan fingerprint density at radius 1 is 1.39 bits per heavy atom. The van der Waals surface area contributed by atoms with Gasteiger partial charge in [0.25, 0.3) is 0 Å². The van der Waals surface area contributed by atoms with E-state index < -0.39 is 0 Å². The molecule has 0 aliphatic carbocycles. The monoisotopic (exact) mass is 393 g/mol. The lowest BCUT2D eigenvalue weighted by Crippen LogP contribution is -2.28. The number of thiazole rings is 1. The van der Waals surface area contributed by atoms with Gasteiger partial charge in [0.1, 0.15) is 5.01 Å². The molecule has 0 radical (unpaired) electrons. The van der Waals surface area contributed by atoms with E-state index in [1.54, 1.807) is 11.3 Å². The summed E-state index contributed by atoms with van der Waals surface area (Å²) in [5.74, 6) is 0.308. The average molecular weight is 394 g/mol. The summed E-state index contributed by atoms with van der Waals surface area (Å²) in [7, 11) is 0. The van der Waals surface area contributed by atoms with Crippen LogP contribution in [0.1, 0.15) is 25.0 Å². The molecule has 1 saturated heterocycles. The maximum Gasteiger partial charge on any atom is 0.222 e. The Morgan fingerprint density at radius 2 is 2.30 bits per heavy atom. The molecule has 0 atom stereocenters. The smallest absolute Gasteiger partial charge is 0.222 e. The van der Waals surface area contributed by atoms with Crippen molar-refractivity contribution in [2.75, 3.05) is 19.6 Å². The van der Waals surface area contributed by atoms with Crippen LogP contribution in [0.25, 0.3) is 10.6 Å². The second kappa shape index (κ2) is 8.04. The standard InChI is InChI=1S/C17H20BrN3OS/c18-14-5-1-4-13(10-14)17-20-15(12-23-17)11-19-7-3-9-21-8-2-6-16(21)22/h1,4-5,10,12,19H,2-3,6-9,11H2. The van der Waals surface area contributed by atoms with Crippen molar-refractivity contribution in [2.45, 2.75) is 25.8 Å². The summed E-state index contributed by atoms with van der Waals surface area (Å²) in [5, 5.41) is 6.56. The number of hydrogen-bond acceptors (Lipinski definition) is 4. The zero-order valence-electron chi connectivity index (χ0n) is 12.9. The summed E-state index contributed by atoms with van der Waals surface area (Å²) >= 11 is 5.17. The normalized spacial score (nSPS) is 14.7. The fraction of sp³-hybridized carbons (Fsp3) is 0.412. The third kappa shape index (κ3) is 4.62. The van der Waals surface area contributed by atoms with E-state index in [0.717, 1.165) is 66.2 Å². The van der Waals surface area contributed by atoms with Crippen molar-refractivity contribution in [3.8, 4) is 10.6 Å². The van der Waals surface area contributed by atoms with Gasteiger partial charge >= 0.3 is 0 Å². The van der Waals surface area contributed by atoms with Gasteiger partial charge in [0.2, 0.25) is 5.91 Å². The first-order valence-corrected chi connectivity index (χ1v) is 9.58. The Kier molecular flexibility index (Phi) is 5.80. The van der Waals surface area contributed by atoms with Gasteiger partial charge in [-0.15, -0.1) is 11.3 Å². The average Bonchev–Trinajstić information content (AvgIpc) is 3.17. The lowest BCUT2D eigenvalue weighted by Gasteiger charge is -2.15. The van der Waals surface area contributed by atoms with E-state index in [4.69, 9.17) is 0 Å². The van der Waals surface area contributed by atoms with Crippen molar-refractivity contribution in [3.63, 3.8) is 0 Å². The van der Waals surface area contributed by atoms with E-state index in [1.807, 2.05) is 17.0 Å². The molecule has 2 heterocycles. The summed E-state index contributed by atoms with van der Waals surface area (Å²) in [6.07, 6.45) is 2.74. The Hall–Kier alpha value is -1.24. The molecule has 1 aromatic heterocycles. The van der Waals surface area contributed by atoms with Crippen molar-refractivity contribution in [3.05, 3.63) is 39.8 Å². The molecule has 1 N–H and O–H groups in total. The highest BCUT2D eigenvalue weighted by atomic mass is 79.9. The number of halogens is 1. The maximum absolute atomic E-state index is 11.5. The fourth-order valence-electron chi connectivity index (χ4n) is 2.69. The van der Waals surface area contributed by atoms with E-state index in [9.17, 15) is 4.79 Å². The van der Waals surface area contributed by atoms with Gasteiger partial charge in [0.15, 0.2) is 0 Å². The zero-order valence-corrected chi connectivity index (χ0v) is 15.3. The molecule has 0 saturated carbocycles. The van der Waals surface area contributed by atoms with Crippen LogP contribution in [0.2, 0.25) is 0 Å². The van der Waals surface area contributed by atoms with Gasteiger partial charge in [-0.25, -0.2) is 4.98 Å². The van der Waals surface area contributed by atoms with Gasteiger partial charge in [-0.1, -0.05) is 28.1 Å². The molecule has 3 rings (SSSR count). The predicted molar refractivity (Wildman–Crippen MR) is 97.4 cm³/mol. The van der Waals surface area contributed by atoms with Gasteiger partial charge in [-0.3, -0.25) is 4.79 Å². The Balaban J connectivity index is 1.42. The number of nitrogens with one attached hydrogen (secondary N) is 1. The summed E-state index contributed by atoms with van der Waals surface area (Å²) in [4.78, 5) is 18.2. The van der Waals surface area contributed by atoms with Gasteiger partial charge in [0, 0.05) is 41.5 Å². The molecule has 1 amide bonds. The van der Waals surface area contributed by atoms with E-state index in [2.05, 4.69) is 43.7 Å². The number of aromatic nitrogens is 1. The molecule has 0 bridgehead atoms. The zero-order chi connectivity index (χ0) is 16.1. The Labute approximate surface area is 149 Å². The van der Waals surface area contributed by atoms with Crippen molar-refractivity contribution in [2.24, 2.45) is 0 Å². The topological polar surface area (TPSA) is 45.2 Å². The molecule has 1 aromatic carbocycles. The fourth-order valence-corrected chi connectivity index (χ4v) is 3.91. The van der Waals surface area contributed by atoms with Crippen LogP contribution in [0.4, 0.5) is 0 Å². The van der Waals surface area contributed by atoms with Crippen LogP contribution in [0.3, 0.4) is 0 Å². The minimum absolute atomic E-state index is 0.308. The summed E-state index contributed by atoms with van der Waals surface area (Å²) < 4.78 is 1.07. The largest absolute Gasteiger partial charge is 0.343 e. The Bertz CT molecular complexity index is 673. The van der Waals surface area contributed by atoms with Crippen LogP contribution in [0.15, 0.2) is 34.1 Å². The van der Waals surface area contributed by atoms with Crippen LogP contribution < -0.4 is 5.32 Å². The van der Waals surface area contributed by atoms with E-state index >= 15 is 0 Å². The van der Waals surface area contributed by atoms with Gasteiger partial charge in [-0.2, -0.15) is 0 Å². The highest BCUT2D eigenvalue weighted by molar-refractivity contribution is 9.10. The van der Waals surface area contributed by atoms with Gasteiger partial charge < -0.3 is 10.2 Å².